The van der Waals surface area contributed by atoms with Crippen molar-refractivity contribution in [3.63, 3.8) is 0 Å². The van der Waals surface area contributed by atoms with Gasteiger partial charge >= 0.3 is 0 Å². The van der Waals surface area contributed by atoms with Gasteiger partial charge in [0, 0.05) is 30.5 Å². The van der Waals surface area contributed by atoms with E-state index in [-0.39, 0.29) is 4.90 Å². The minimum absolute atomic E-state index is 0.231. The molecular weight excluding hydrogens is 434 g/mol. The molecule has 7 nitrogen and oxygen atoms in total. The van der Waals surface area contributed by atoms with Crippen LogP contribution in [0.5, 0.6) is 0 Å². The average Bonchev–Trinajstić information content (AvgIpc) is 3.35. The highest BCUT2D eigenvalue weighted by molar-refractivity contribution is 7.92. The third kappa shape index (κ3) is 4.75. The molecule has 33 heavy (non-hydrogen) atoms. The van der Waals surface area contributed by atoms with Crippen LogP contribution in [-0.4, -0.2) is 31.5 Å². The third-order valence-electron chi connectivity index (χ3n) is 5.70. The van der Waals surface area contributed by atoms with E-state index in [9.17, 15) is 8.42 Å². The minimum Gasteiger partial charge on any atom is -0.356 e. The molecule has 168 valence electrons. The zero-order valence-electron chi connectivity index (χ0n) is 18.3. The summed E-state index contributed by atoms with van der Waals surface area (Å²) in [7, 11) is -3.69. The van der Waals surface area contributed by atoms with E-state index in [2.05, 4.69) is 24.9 Å². The summed E-state index contributed by atoms with van der Waals surface area (Å²) in [5.41, 5.74) is 1.31. The molecule has 0 atom stereocenters. The molecule has 3 aromatic carbocycles. The Hall–Kier alpha value is -3.65. The van der Waals surface area contributed by atoms with Gasteiger partial charge in [-0.15, -0.1) is 0 Å². The van der Waals surface area contributed by atoms with E-state index in [1.807, 2.05) is 55.5 Å². The molecule has 0 spiro atoms. The molecule has 8 heteroatoms. The van der Waals surface area contributed by atoms with Crippen LogP contribution >= 0.6 is 0 Å². The van der Waals surface area contributed by atoms with E-state index in [4.69, 9.17) is 0 Å². The first kappa shape index (κ1) is 21.2. The number of rotatable bonds is 6. The lowest BCUT2D eigenvalue weighted by atomic mass is 10.1. The average molecular weight is 460 g/mol. The molecule has 0 radical (unpaired) electrons. The van der Waals surface area contributed by atoms with Crippen molar-refractivity contribution in [1.29, 1.82) is 0 Å². The van der Waals surface area contributed by atoms with Gasteiger partial charge in [-0.2, -0.15) is 0 Å². The summed E-state index contributed by atoms with van der Waals surface area (Å²) in [4.78, 5) is 11.5. The van der Waals surface area contributed by atoms with Crippen LogP contribution < -0.4 is 14.9 Å². The Morgan fingerprint density at radius 1 is 0.818 bits per heavy atom. The van der Waals surface area contributed by atoms with Crippen molar-refractivity contribution in [2.45, 2.75) is 24.7 Å². The summed E-state index contributed by atoms with van der Waals surface area (Å²) in [6.07, 6.45) is 2.37. The Morgan fingerprint density at radius 3 is 2.27 bits per heavy atom. The van der Waals surface area contributed by atoms with Crippen LogP contribution in [0.25, 0.3) is 10.8 Å². The molecule has 0 aliphatic carbocycles. The largest absolute Gasteiger partial charge is 0.356 e. The summed E-state index contributed by atoms with van der Waals surface area (Å²) in [6, 6.07) is 21.9. The highest BCUT2D eigenvalue weighted by atomic mass is 32.2. The van der Waals surface area contributed by atoms with E-state index in [0.717, 1.165) is 35.4 Å². The van der Waals surface area contributed by atoms with Crippen LogP contribution in [0.1, 0.15) is 18.7 Å². The second kappa shape index (κ2) is 8.71. The molecule has 5 rings (SSSR count). The number of fused-ring (bicyclic) bond motifs is 1. The number of benzene rings is 3. The quantitative estimate of drug-likeness (QED) is 0.418. The fraction of sp³-hybridized carbons (Fsp3) is 0.200. The van der Waals surface area contributed by atoms with Gasteiger partial charge < -0.3 is 10.2 Å². The number of sulfonamides is 1. The van der Waals surface area contributed by atoms with Crippen molar-refractivity contribution in [2.24, 2.45) is 0 Å². The monoisotopic (exact) mass is 459 g/mol. The lowest BCUT2D eigenvalue weighted by Gasteiger charge is -2.18. The van der Waals surface area contributed by atoms with Crippen LogP contribution in [0.15, 0.2) is 77.7 Å². The van der Waals surface area contributed by atoms with Gasteiger partial charge in [0.05, 0.1) is 4.90 Å². The Bertz CT molecular complexity index is 1400. The molecule has 2 N–H and O–H groups in total. The van der Waals surface area contributed by atoms with Gasteiger partial charge in [0.2, 0.25) is 0 Å². The van der Waals surface area contributed by atoms with E-state index in [1.54, 1.807) is 24.3 Å². The van der Waals surface area contributed by atoms with Gasteiger partial charge in [0.15, 0.2) is 0 Å². The predicted molar refractivity (Wildman–Crippen MR) is 133 cm³/mol. The van der Waals surface area contributed by atoms with Crippen molar-refractivity contribution in [3.05, 3.63) is 78.6 Å². The Labute approximate surface area is 193 Å². The van der Waals surface area contributed by atoms with Crippen LogP contribution in [0.2, 0.25) is 0 Å². The van der Waals surface area contributed by atoms with Crippen molar-refractivity contribution in [3.8, 4) is 0 Å². The van der Waals surface area contributed by atoms with Gasteiger partial charge in [0.25, 0.3) is 10.0 Å². The number of anilines is 4. The molecule has 1 saturated heterocycles. The van der Waals surface area contributed by atoms with E-state index in [1.165, 1.54) is 12.8 Å². The number of hydrogen-bond donors (Lipinski definition) is 2. The second-order valence-corrected chi connectivity index (χ2v) is 9.85. The Kier molecular flexibility index (Phi) is 5.60. The molecule has 2 heterocycles. The predicted octanol–water partition coefficient (Wildman–Crippen LogP) is 5.08. The van der Waals surface area contributed by atoms with Gasteiger partial charge in [0.1, 0.15) is 17.5 Å². The first-order valence-electron chi connectivity index (χ1n) is 11.0. The first-order chi connectivity index (χ1) is 16.0. The van der Waals surface area contributed by atoms with Crippen LogP contribution in [0.3, 0.4) is 0 Å². The molecule has 1 aromatic heterocycles. The SMILES string of the molecule is Cc1nc(Nc2ccc(NS(=O)(=O)c3ccc4ccccc4c3)cc2)cc(N2CCCC2)n1. The Morgan fingerprint density at radius 2 is 1.52 bits per heavy atom. The standard InChI is InChI=1S/C25H25N5O2S/c1-18-26-24(17-25(27-18)30-14-4-5-15-30)28-21-9-11-22(12-10-21)29-33(31,32)23-13-8-19-6-2-3-7-20(19)16-23/h2-3,6-13,16-17,29H,4-5,14-15H2,1H3,(H,26,27,28). The zero-order chi connectivity index (χ0) is 22.8. The molecule has 1 aliphatic rings. The molecule has 0 bridgehead atoms. The maximum Gasteiger partial charge on any atom is 0.261 e. The van der Waals surface area contributed by atoms with Crippen molar-refractivity contribution >= 4 is 43.8 Å². The van der Waals surface area contributed by atoms with Crippen molar-refractivity contribution in [2.75, 3.05) is 28.0 Å². The van der Waals surface area contributed by atoms with E-state index in [0.29, 0.717) is 17.3 Å². The van der Waals surface area contributed by atoms with Gasteiger partial charge in [-0.25, -0.2) is 18.4 Å². The van der Waals surface area contributed by atoms with Crippen LogP contribution in [0.4, 0.5) is 23.0 Å². The Balaban J connectivity index is 1.31. The topological polar surface area (TPSA) is 87.2 Å². The van der Waals surface area contributed by atoms with E-state index < -0.39 is 10.0 Å². The molecule has 0 saturated carbocycles. The molecule has 0 unspecified atom stereocenters. The summed E-state index contributed by atoms with van der Waals surface area (Å²) in [5, 5.41) is 5.18. The highest BCUT2D eigenvalue weighted by Gasteiger charge is 2.16. The zero-order valence-corrected chi connectivity index (χ0v) is 19.1. The van der Waals surface area contributed by atoms with Gasteiger partial charge in [-0.3, -0.25) is 4.72 Å². The molecule has 1 fully saturated rings. The number of nitrogens with zero attached hydrogens (tertiary/aromatic N) is 3. The normalized spacial score (nSPS) is 13.9. The highest BCUT2D eigenvalue weighted by Crippen LogP contribution is 2.25. The number of aromatic nitrogens is 2. The first-order valence-corrected chi connectivity index (χ1v) is 12.4. The van der Waals surface area contributed by atoms with Gasteiger partial charge in [-0.1, -0.05) is 30.3 Å². The lowest BCUT2D eigenvalue weighted by Crippen LogP contribution is -2.19. The maximum absolute atomic E-state index is 12.9. The second-order valence-electron chi connectivity index (χ2n) is 8.17. The van der Waals surface area contributed by atoms with Crippen molar-refractivity contribution in [1.82, 2.24) is 9.97 Å². The molecule has 4 aromatic rings. The molecular formula is C25H25N5O2S. The third-order valence-corrected chi connectivity index (χ3v) is 7.07. The van der Waals surface area contributed by atoms with Gasteiger partial charge in [-0.05, 0) is 66.9 Å². The summed E-state index contributed by atoms with van der Waals surface area (Å²) < 4.78 is 28.4. The molecule has 0 amide bonds. The van der Waals surface area contributed by atoms with Crippen LogP contribution in [-0.2, 0) is 10.0 Å². The van der Waals surface area contributed by atoms with Crippen molar-refractivity contribution < 1.29 is 8.42 Å². The van der Waals surface area contributed by atoms with Crippen LogP contribution in [0, 0.1) is 6.92 Å². The molecule has 1 aliphatic heterocycles. The smallest absolute Gasteiger partial charge is 0.261 e. The van der Waals surface area contributed by atoms with E-state index >= 15 is 0 Å². The fourth-order valence-electron chi connectivity index (χ4n) is 4.04. The summed E-state index contributed by atoms with van der Waals surface area (Å²) in [5.74, 6) is 2.36. The minimum atomic E-state index is -3.69. The summed E-state index contributed by atoms with van der Waals surface area (Å²) in [6.45, 7) is 3.92. The summed E-state index contributed by atoms with van der Waals surface area (Å²) >= 11 is 0. The number of nitrogens with one attached hydrogen (secondary N) is 2. The fourth-order valence-corrected chi connectivity index (χ4v) is 5.14. The number of aryl methyl sites for hydroxylation is 1. The maximum atomic E-state index is 12.9. The number of hydrogen-bond acceptors (Lipinski definition) is 6. The lowest BCUT2D eigenvalue weighted by molar-refractivity contribution is 0.601.